The Balaban J connectivity index is 1.36. The average molecular weight is 449 g/mol. The maximum atomic E-state index is 13.3. The molecule has 5 rings (SSSR count). The summed E-state index contributed by atoms with van der Waals surface area (Å²) in [7, 11) is -7.28. The molecule has 160 valence electrons. The molecule has 2 aromatic rings. The van der Waals surface area contributed by atoms with Crippen LogP contribution in [-0.2, 0) is 37.6 Å². The highest BCUT2D eigenvalue weighted by atomic mass is 32.2. The molecule has 0 N–H and O–H groups in total. The highest BCUT2D eigenvalue weighted by Gasteiger charge is 2.43. The van der Waals surface area contributed by atoms with Crippen LogP contribution < -0.4 is 0 Å². The molecule has 30 heavy (non-hydrogen) atoms. The monoisotopic (exact) mass is 448 g/mol. The second kappa shape index (κ2) is 7.42. The van der Waals surface area contributed by atoms with Crippen LogP contribution in [0.15, 0.2) is 58.3 Å². The average Bonchev–Trinajstić information content (AvgIpc) is 3.21. The van der Waals surface area contributed by atoms with Crippen molar-refractivity contribution in [2.45, 2.75) is 41.3 Å². The van der Waals surface area contributed by atoms with Crippen LogP contribution in [0.25, 0.3) is 0 Å². The molecule has 2 aromatic carbocycles. The first-order chi connectivity index (χ1) is 14.3. The van der Waals surface area contributed by atoms with E-state index < -0.39 is 32.3 Å². The van der Waals surface area contributed by atoms with Gasteiger partial charge in [-0.25, -0.2) is 16.8 Å². The van der Waals surface area contributed by atoms with Crippen LogP contribution >= 0.6 is 0 Å². The molecule has 2 aliphatic heterocycles. The number of rotatable bonds is 4. The zero-order valence-electron chi connectivity index (χ0n) is 16.5. The van der Waals surface area contributed by atoms with Gasteiger partial charge in [-0.3, -0.25) is 0 Å². The second-order valence-electron chi connectivity index (χ2n) is 8.12. The Morgan fingerprint density at radius 2 is 1.27 bits per heavy atom. The number of sulfonamides is 2. The van der Waals surface area contributed by atoms with E-state index in [-0.39, 0.29) is 31.1 Å². The number of aryl methyl sites for hydroxylation is 2. The van der Waals surface area contributed by atoms with Gasteiger partial charge in [0.25, 0.3) is 0 Å². The minimum Gasteiger partial charge on any atom is -0.369 e. The molecular weight excluding hydrogens is 424 g/mol. The molecule has 0 amide bonds. The highest BCUT2D eigenvalue weighted by Crippen LogP contribution is 2.30. The van der Waals surface area contributed by atoms with E-state index in [9.17, 15) is 16.8 Å². The third kappa shape index (κ3) is 3.48. The molecule has 2 saturated heterocycles. The van der Waals surface area contributed by atoms with E-state index >= 15 is 0 Å². The van der Waals surface area contributed by atoms with Gasteiger partial charge in [-0.15, -0.1) is 0 Å². The quantitative estimate of drug-likeness (QED) is 0.710. The van der Waals surface area contributed by atoms with Crippen molar-refractivity contribution in [1.82, 2.24) is 8.61 Å². The van der Waals surface area contributed by atoms with Crippen molar-refractivity contribution in [1.29, 1.82) is 0 Å². The van der Waals surface area contributed by atoms with Crippen molar-refractivity contribution in [3.63, 3.8) is 0 Å². The lowest BCUT2D eigenvalue weighted by Crippen LogP contribution is -2.61. The Morgan fingerprint density at radius 1 is 0.700 bits per heavy atom. The Kier molecular flexibility index (Phi) is 4.98. The minimum atomic E-state index is -3.65. The number of nitrogens with zero attached hydrogens (tertiary/aromatic N) is 2. The molecule has 1 aliphatic carbocycles. The van der Waals surface area contributed by atoms with Crippen LogP contribution in [-0.4, -0.2) is 63.8 Å². The van der Waals surface area contributed by atoms with Gasteiger partial charge in [-0.2, -0.15) is 8.61 Å². The predicted octanol–water partition coefficient (Wildman–Crippen LogP) is 1.64. The normalized spacial score (nSPS) is 25.2. The van der Waals surface area contributed by atoms with Gasteiger partial charge < -0.3 is 4.74 Å². The number of fused-ring (bicyclic) bond motifs is 3. The number of benzene rings is 2. The molecule has 0 unspecified atom stereocenters. The van der Waals surface area contributed by atoms with Crippen LogP contribution in [0, 0.1) is 0 Å². The van der Waals surface area contributed by atoms with Crippen LogP contribution in [0.4, 0.5) is 0 Å². The van der Waals surface area contributed by atoms with Gasteiger partial charge in [-0.1, -0.05) is 24.3 Å². The van der Waals surface area contributed by atoms with Gasteiger partial charge in [-0.05, 0) is 54.7 Å². The maximum Gasteiger partial charge on any atom is 0.243 e. The first kappa shape index (κ1) is 20.1. The molecule has 2 bridgehead atoms. The molecule has 9 heteroatoms. The van der Waals surface area contributed by atoms with E-state index in [1.165, 1.54) is 14.2 Å². The summed E-state index contributed by atoms with van der Waals surface area (Å²) in [5.41, 5.74) is 2.35. The lowest BCUT2D eigenvalue weighted by atomic mass is 10.1. The maximum absolute atomic E-state index is 13.3. The molecule has 0 aromatic heterocycles. The van der Waals surface area contributed by atoms with Gasteiger partial charge in [0, 0.05) is 26.2 Å². The smallest absolute Gasteiger partial charge is 0.243 e. The fourth-order valence-corrected chi connectivity index (χ4v) is 7.69. The van der Waals surface area contributed by atoms with Crippen molar-refractivity contribution in [3.05, 3.63) is 59.7 Å². The van der Waals surface area contributed by atoms with Gasteiger partial charge in [0.2, 0.25) is 20.0 Å². The van der Waals surface area contributed by atoms with Gasteiger partial charge in [0.1, 0.15) is 0 Å². The molecule has 2 fully saturated rings. The van der Waals surface area contributed by atoms with E-state index in [0.29, 0.717) is 4.90 Å². The summed E-state index contributed by atoms with van der Waals surface area (Å²) in [5.74, 6) is 0. The summed E-state index contributed by atoms with van der Waals surface area (Å²) >= 11 is 0. The van der Waals surface area contributed by atoms with Crippen LogP contribution in [0.1, 0.15) is 17.5 Å². The second-order valence-corrected chi connectivity index (χ2v) is 12.0. The number of ether oxygens (including phenoxy) is 1. The van der Waals surface area contributed by atoms with Crippen molar-refractivity contribution in [2.75, 3.05) is 26.2 Å². The lowest BCUT2D eigenvalue weighted by Gasteiger charge is -2.44. The van der Waals surface area contributed by atoms with E-state index in [4.69, 9.17) is 4.74 Å². The number of morpholine rings is 2. The van der Waals surface area contributed by atoms with Gasteiger partial charge in [0.05, 0.1) is 22.0 Å². The summed E-state index contributed by atoms with van der Waals surface area (Å²) in [6, 6.07) is 13.7. The Hall–Kier alpha value is -1.78. The lowest BCUT2D eigenvalue weighted by molar-refractivity contribution is -0.104. The summed E-state index contributed by atoms with van der Waals surface area (Å²) in [6.45, 7) is 0.585. The largest absolute Gasteiger partial charge is 0.369 e. The zero-order chi connectivity index (χ0) is 20.9. The summed E-state index contributed by atoms with van der Waals surface area (Å²) in [5, 5.41) is 0. The van der Waals surface area contributed by atoms with Crippen molar-refractivity contribution < 1.29 is 21.6 Å². The van der Waals surface area contributed by atoms with Crippen molar-refractivity contribution in [2.24, 2.45) is 0 Å². The SMILES string of the molecule is O=S(=O)(c1ccccc1)N1C[C@@H]2CN(S(=O)(=O)c3ccc4c(c3)CCC4)C[C@H](C1)O2. The van der Waals surface area contributed by atoms with E-state index in [1.54, 1.807) is 42.5 Å². The van der Waals surface area contributed by atoms with Crippen LogP contribution in [0.2, 0.25) is 0 Å². The molecule has 2 atom stereocenters. The Labute approximate surface area is 177 Å². The molecule has 0 radical (unpaired) electrons. The van der Waals surface area contributed by atoms with Crippen molar-refractivity contribution in [3.8, 4) is 0 Å². The zero-order valence-corrected chi connectivity index (χ0v) is 18.1. The fourth-order valence-electron chi connectivity index (χ4n) is 4.61. The number of hydrogen-bond donors (Lipinski definition) is 0. The first-order valence-corrected chi connectivity index (χ1v) is 13.0. The highest BCUT2D eigenvalue weighted by molar-refractivity contribution is 7.89. The standard InChI is InChI=1S/C21H24N2O5S2/c24-29(25,20-7-2-1-3-8-20)22-12-18-14-23(15-19(13-22)28-18)30(26,27)21-10-9-16-5-4-6-17(16)11-21/h1-3,7-11,18-19H,4-6,12-15H2/t18-,19+. The van der Waals surface area contributed by atoms with E-state index in [2.05, 4.69) is 0 Å². The van der Waals surface area contributed by atoms with Gasteiger partial charge in [0.15, 0.2) is 0 Å². The molecule has 0 saturated carbocycles. The predicted molar refractivity (Wildman–Crippen MR) is 111 cm³/mol. The van der Waals surface area contributed by atoms with Crippen molar-refractivity contribution >= 4 is 20.0 Å². The third-order valence-electron chi connectivity index (χ3n) is 6.10. The minimum absolute atomic E-state index is 0.143. The van der Waals surface area contributed by atoms with Crippen LogP contribution in [0.3, 0.4) is 0 Å². The summed E-state index contributed by atoms with van der Waals surface area (Å²) < 4.78 is 61.2. The molecule has 0 spiro atoms. The first-order valence-electron chi connectivity index (χ1n) is 10.2. The fraction of sp³-hybridized carbons (Fsp3) is 0.429. The number of hydrogen-bond acceptors (Lipinski definition) is 5. The summed E-state index contributed by atoms with van der Waals surface area (Å²) in [6.07, 6.45) is 2.01. The van der Waals surface area contributed by atoms with E-state index in [0.717, 1.165) is 24.8 Å². The van der Waals surface area contributed by atoms with Crippen LogP contribution in [0.5, 0.6) is 0 Å². The summed E-state index contributed by atoms with van der Waals surface area (Å²) in [4.78, 5) is 0.560. The Bertz CT molecular complexity index is 1150. The molecule has 2 heterocycles. The third-order valence-corrected chi connectivity index (χ3v) is 9.78. The topological polar surface area (TPSA) is 84.0 Å². The Morgan fingerprint density at radius 3 is 1.90 bits per heavy atom. The van der Waals surface area contributed by atoms with E-state index in [1.807, 2.05) is 6.07 Å². The molecule has 7 nitrogen and oxygen atoms in total. The molecule has 3 aliphatic rings. The van der Waals surface area contributed by atoms with Gasteiger partial charge >= 0.3 is 0 Å². The molecular formula is C21H24N2O5S2.